The summed E-state index contributed by atoms with van der Waals surface area (Å²) in [6.07, 6.45) is 3.99. The Morgan fingerprint density at radius 2 is 2.19 bits per heavy atom. The van der Waals surface area contributed by atoms with Crippen molar-refractivity contribution in [1.29, 1.82) is 0 Å². The van der Waals surface area contributed by atoms with Crippen molar-refractivity contribution in [2.45, 2.75) is 50.4 Å². The smallest absolute Gasteiger partial charge is 0.105 e. The van der Waals surface area contributed by atoms with Crippen molar-refractivity contribution >= 4 is 0 Å². The van der Waals surface area contributed by atoms with Gasteiger partial charge in [0.05, 0.1) is 6.10 Å². The van der Waals surface area contributed by atoms with Crippen molar-refractivity contribution in [1.82, 2.24) is 5.32 Å². The first kappa shape index (κ1) is 12.3. The molecule has 0 aromatic carbocycles. The number of nitrogens with one attached hydrogen (secondary N) is 1. The van der Waals surface area contributed by atoms with Gasteiger partial charge in [-0.05, 0) is 26.2 Å². The van der Waals surface area contributed by atoms with Gasteiger partial charge < -0.3 is 19.9 Å². The molecule has 0 radical (unpaired) electrons. The topological polar surface area (TPSA) is 50.7 Å². The molecule has 2 fully saturated rings. The number of hydrogen-bond donors (Lipinski definition) is 2. The van der Waals surface area contributed by atoms with Crippen LogP contribution in [0.1, 0.15) is 32.6 Å². The highest BCUT2D eigenvalue weighted by Gasteiger charge is 2.39. The van der Waals surface area contributed by atoms with Crippen molar-refractivity contribution in [2.24, 2.45) is 0 Å². The molecule has 2 aliphatic heterocycles. The van der Waals surface area contributed by atoms with Gasteiger partial charge in [-0.25, -0.2) is 0 Å². The van der Waals surface area contributed by atoms with E-state index in [9.17, 15) is 5.11 Å². The molecular formula is C12H23NO3. The Balaban J connectivity index is 1.77. The van der Waals surface area contributed by atoms with E-state index in [1.165, 1.54) is 0 Å². The fraction of sp³-hybridized carbons (Fsp3) is 1.00. The second kappa shape index (κ2) is 5.45. The molecule has 94 valence electrons. The highest BCUT2D eigenvalue weighted by atomic mass is 16.5. The normalized spacial score (nSPS) is 40.9. The second-order valence-corrected chi connectivity index (χ2v) is 4.99. The Hall–Kier alpha value is -0.160. The van der Waals surface area contributed by atoms with E-state index in [1.54, 1.807) is 0 Å². The standard InChI is InChI=1S/C12H23NO3/c1-10-12(14,5-8-16-10)9-13-11-3-2-6-15-7-4-11/h10-11,13-14H,2-9H2,1H3. The zero-order valence-corrected chi connectivity index (χ0v) is 10.1. The molecule has 0 aliphatic carbocycles. The molecule has 2 rings (SSSR count). The van der Waals surface area contributed by atoms with Gasteiger partial charge in [-0.2, -0.15) is 0 Å². The van der Waals surface area contributed by atoms with Crippen LogP contribution in [0.15, 0.2) is 0 Å². The molecule has 0 aromatic rings. The van der Waals surface area contributed by atoms with Gasteiger partial charge in [-0.15, -0.1) is 0 Å². The molecule has 3 atom stereocenters. The third-order valence-electron chi connectivity index (χ3n) is 3.81. The monoisotopic (exact) mass is 229 g/mol. The summed E-state index contributed by atoms with van der Waals surface area (Å²) in [6, 6.07) is 0.485. The van der Waals surface area contributed by atoms with E-state index in [2.05, 4.69) is 5.32 Å². The molecule has 16 heavy (non-hydrogen) atoms. The van der Waals surface area contributed by atoms with Gasteiger partial charge in [0.2, 0.25) is 0 Å². The van der Waals surface area contributed by atoms with Crippen LogP contribution >= 0.6 is 0 Å². The van der Waals surface area contributed by atoms with Gasteiger partial charge in [0.25, 0.3) is 0 Å². The molecule has 0 bridgehead atoms. The maximum Gasteiger partial charge on any atom is 0.105 e. The molecule has 3 unspecified atom stereocenters. The van der Waals surface area contributed by atoms with Gasteiger partial charge in [0.15, 0.2) is 0 Å². The molecule has 2 aliphatic rings. The Morgan fingerprint density at radius 3 is 2.94 bits per heavy atom. The van der Waals surface area contributed by atoms with Crippen LogP contribution in [0.5, 0.6) is 0 Å². The lowest BCUT2D eigenvalue weighted by molar-refractivity contribution is -0.0279. The van der Waals surface area contributed by atoms with E-state index in [0.29, 0.717) is 19.2 Å². The summed E-state index contributed by atoms with van der Waals surface area (Å²) in [7, 11) is 0. The molecule has 2 heterocycles. The number of ether oxygens (including phenoxy) is 2. The second-order valence-electron chi connectivity index (χ2n) is 4.99. The Bertz CT molecular complexity index is 216. The summed E-state index contributed by atoms with van der Waals surface area (Å²) < 4.78 is 10.8. The maximum absolute atomic E-state index is 10.3. The van der Waals surface area contributed by atoms with E-state index in [0.717, 1.165) is 38.9 Å². The fourth-order valence-corrected chi connectivity index (χ4v) is 2.43. The molecule has 4 nitrogen and oxygen atoms in total. The molecule has 2 N–H and O–H groups in total. The average molecular weight is 229 g/mol. The first-order valence-corrected chi connectivity index (χ1v) is 6.36. The Kier molecular flexibility index (Phi) is 4.19. The van der Waals surface area contributed by atoms with Crippen LogP contribution in [-0.2, 0) is 9.47 Å². The minimum Gasteiger partial charge on any atom is -0.386 e. The van der Waals surface area contributed by atoms with Crippen LogP contribution in [-0.4, -0.2) is 49.2 Å². The van der Waals surface area contributed by atoms with E-state index in [4.69, 9.17) is 9.47 Å². The number of hydrogen-bond acceptors (Lipinski definition) is 4. The van der Waals surface area contributed by atoms with Crippen LogP contribution in [0.3, 0.4) is 0 Å². The van der Waals surface area contributed by atoms with Crippen LogP contribution in [0.2, 0.25) is 0 Å². The highest BCUT2D eigenvalue weighted by Crippen LogP contribution is 2.25. The summed E-state index contributed by atoms with van der Waals surface area (Å²) in [6.45, 7) is 4.97. The summed E-state index contributed by atoms with van der Waals surface area (Å²) in [5.41, 5.74) is -0.673. The predicted molar refractivity (Wildman–Crippen MR) is 61.4 cm³/mol. The van der Waals surface area contributed by atoms with Gasteiger partial charge in [0, 0.05) is 38.8 Å². The molecule has 0 spiro atoms. The van der Waals surface area contributed by atoms with Gasteiger partial charge >= 0.3 is 0 Å². The summed E-state index contributed by atoms with van der Waals surface area (Å²) in [4.78, 5) is 0. The summed E-state index contributed by atoms with van der Waals surface area (Å²) >= 11 is 0. The summed E-state index contributed by atoms with van der Waals surface area (Å²) in [5.74, 6) is 0. The zero-order valence-electron chi connectivity index (χ0n) is 10.1. The molecular weight excluding hydrogens is 206 g/mol. The first-order chi connectivity index (χ1) is 7.71. The van der Waals surface area contributed by atoms with Crippen LogP contribution in [0.4, 0.5) is 0 Å². The number of rotatable bonds is 3. The third kappa shape index (κ3) is 2.94. The molecule has 0 amide bonds. The lowest BCUT2D eigenvalue weighted by atomic mass is 9.96. The van der Waals surface area contributed by atoms with E-state index in [-0.39, 0.29) is 6.10 Å². The average Bonchev–Trinajstić information content (AvgIpc) is 2.52. The van der Waals surface area contributed by atoms with Crippen molar-refractivity contribution in [3.8, 4) is 0 Å². The van der Waals surface area contributed by atoms with E-state index < -0.39 is 5.60 Å². The first-order valence-electron chi connectivity index (χ1n) is 6.36. The minimum atomic E-state index is -0.673. The SMILES string of the molecule is CC1OCCC1(O)CNC1CCCOCC1. The van der Waals surface area contributed by atoms with Gasteiger partial charge in [0.1, 0.15) is 5.60 Å². The maximum atomic E-state index is 10.3. The van der Waals surface area contributed by atoms with E-state index in [1.807, 2.05) is 6.92 Å². The quantitative estimate of drug-likeness (QED) is 0.747. The van der Waals surface area contributed by atoms with Gasteiger partial charge in [-0.1, -0.05) is 0 Å². The molecule has 0 aromatic heterocycles. The Morgan fingerprint density at radius 1 is 1.31 bits per heavy atom. The molecule has 2 saturated heterocycles. The van der Waals surface area contributed by atoms with E-state index >= 15 is 0 Å². The summed E-state index contributed by atoms with van der Waals surface area (Å²) in [5, 5.41) is 13.8. The predicted octanol–water partition coefficient (Wildman–Crippen LogP) is 0.685. The fourth-order valence-electron chi connectivity index (χ4n) is 2.43. The van der Waals surface area contributed by atoms with Crippen LogP contribution in [0, 0.1) is 0 Å². The highest BCUT2D eigenvalue weighted by molar-refractivity contribution is 4.92. The largest absolute Gasteiger partial charge is 0.386 e. The number of aliphatic hydroxyl groups is 1. The van der Waals surface area contributed by atoms with Crippen molar-refractivity contribution in [3.05, 3.63) is 0 Å². The Labute approximate surface area is 97.3 Å². The third-order valence-corrected chi connectivity index (χ3v) is 3.81. The van der Waals surface area contributed by atoms with Crippen LogP contribution in [0.25, 0.3) is 0 Å². The molecule has 0 saturated carbocycles. The minimum absolute atomic E-state index is 0.0537. The lowest BCUT2D eigenvalue weighted by Crippen LogP contribution is -2.48. The van der Waals surface area contributed by atoms with Crippen molar-refractivity contribution < 1.29 is 14.6 Å². The van der Waals surface area contributed by atoms with Crippen molar-refractivity contribution in [3.63, 3.8) is 0 Å². The van der Waals surface area contributed by atoms with Crippen LogP contribution < -0.4 is 5.32 Å². The van der Waals surface area contributed by atoms with Crippen molar-refractivity contribution in [2.75, 3.05) is 26.4 Å². The molecule has 4 heteroatoms. The van der Waals surface area contributed by atoms with Gasteiger partial charge in [-0.3, -0.25) is 0 Å². The zero-order chi connectivity index (χ0) is 11.4. The lowest BCUT2D eigenvalue weighted by Gasteiger charge is -2.28.